The fourth-order valence-corrected chi connectivity index (χ4v) is 1.83. The molecule has 5 heteroatoms. The van der Waals surface area contributed by atoms with E-state index in [9.17, 15) is 13.2 Å². The summed E-state index contributed by atoms with van der Waals surface area (Å²) in [5.74, 6) is 0.0428. The zero-order valence-electron chi connectivity index (χ0n) is 9.75. The van der Waals surface area contributed by atoms with Gasteiger partial charge in [-0.15, -0.1) is 0 Å². The lowest BCUT2D eigenvalue weighted by Gasteiger charge is -2.17. The van der Waals surface area contributed by atoms with Crippen molar-refractivity contribution >= 4 is 15.6 Å². The maximum absolute atomic E-state index is 11.3. The Balaban J connectivity index is 3.87. The first-order valence-corrected chi connectivity index (χ1v) is 6.99. The molecule has 0 aliphatic heterocycles. The van der Waals surface area contributed by atoms with Crippen LogP contribution in [0.25, 0.3) is 0 Å². The SMILES string of the molecule is CCS(=O)(=O)CCC(=O)CCC(C)(C)N. The van der Waals surface area contributed by atoms with E-state index in [2.05, 4.69) is 0 Å². The van der Waals surface area contributed by atoms with Crippen LogP contribution in [0.5, 0.6) is 0 Å². The summed E-state index contributed by atoms with van der Waals surface area (Å²) in [6.45, 7) is 5.29. The van der Waals surface area contributed by atoms with Gasteiger partial charge in [0, 0.05) is 24.1 Å². The molecule has 0 saturated heterocycles. The van der Waals surface area contributed by atoms with Crippen LogP contribution in [-0.4, -0.2) is 31.2 Å². The Morgan fingerprint density at radius 3 is 2.20 bits per heavy atom. The Morgan fingerprint density at radius 2 is 1.80 bits per heavy atom. The van der Waals surface area contributed by atoms with Crippen molar-refractivity contribution in [3.8, 4) is 0 Å². The third kappa shape index (κ3) is 8.57. The molecule has 0 aromatic heterocycles. The second kappa shape index (κ2) is 5.61. The zero-order valence-corrected chi connectivity index (χ0v) is 10.6. The van der Waals surface area contributed by atoms with Crippen molar-refractivity contribution in [3.05, 3.63) is 0 Å². The first-order chi connectivity index (χ1) is 6.66. The number of hydrogen-bond donors (Lipinski definition) is 1. The van der Waals surface area contributed by atoms with Crippen LogP contribution >= 0.6 is 0 Å². The molecule has 0 radical (unpaired) electrons. The van der Waals surface area contributed by atoms with Gasteiger partial charge in [-0.05, 0) is 20.3 Å². The summed E-state index contributed by atoms with van der Waals surface area (Å²) in [5, 5.41) is 0. The summed E-state index contributed by atoms with van der Waals surface area (Å²) in [4.78, 5) is 11.3. The molecule has 4 nitrogen and oxygen atoms in total. The number of ketones is 1. The van der Waals surface area contributed by atoms with Gasteiger partial charge in [0.2, 0.25) is 0 Å². The van der Waals surface area contributed by atoms with Crippen LogP contribution in [0.3, 0.4) is 0 Å². The number of hydrogen-bond acceptors (Lipinski definition) is 4. The molecule has 0 fully saturated rings. The maximum Gasteiger partial charge on any atom is 0.150 e. The van der Waals surface area contributed by atoms with E-state index < -0.39 is 9.84 Å². The Bertz CT molecular complexity index is 301. The van der Waals surface area contributed by atoms with Crippen LogP contribution in [0, 0.1) is 0 Å². The van der Waals surface area contributed by atoms with Crippen molar-refractivity contribution in [1.82, 2.24) is 0 Å². The third-order valence-corrected chi connectivity index (χ3v) is 3.89. The molecule has 0 aromatic rings. The topological polar surface area (TPSA) is 77.2 Å². The Kier molecular flexibility index (Phi) is 5.45. The Hall–Kier alpha value is -0.420. The monoisotopic (exact) mass is 235 g/mol. The summed E-state index contributed by atoms with van der Waals surface area (Å²) >= 11 is 0. The van der Waals surface area contributed by atoms with Crippen LogP contribution in [0.2, 0.25) is 0 Å². The lowest BCUT2D eigenvalue weighted by atomic mass is 9.98. The number of carbonyl (C=O) groups is 1. The highest BCUT2D eigenvalue weighted by Gasteiger charge is 2.15. The normalized spacial score (nSPS) is 12.8. The maximum atomic E-state index is 11.3. The first-order valence-electron chi connectivity index (χ1n) is 5.17. The fraction of sp³-hybridized carbons (Fsp3) is 0.900. The van der Waals surface area contributed by atoms with Crippen molar-refractivity contribution in [2.45, 2.75) is 45.6 Å². The Labute approximate surface area is 92.2 Å². The van der Waals surface area contributed by atoms with E-state index in [1.807, 2.05) is 13.8 Å². The number of sulfone groups is 1. The molecule has 0 aliphatic rings. The number of nitrogens with two attached hydrogens (primary N) is 1. The lowest BCUT2D eigenvalue weighted by molar-refractivity contribution is -0.119. The van der Waals surface area contributed by atoms with Crippen molar-refractivity contribution in [3.63, 3.8) is 0 Å². The molecule has 0 atom stereocenters. The van der Waals surface area contributed by atoms with Crippen molar-refractivity contribution < 1.29 is 13.2 Å². The molecule has 0 amide bonds. The van der Waals surface area contributed by atoms with E-state index in [4.69, 9.17) is 5.73 Å². The molecule has 15 heavy (non-hydrogen) atoms. The average Bonchev–Trinajstić information content (AvgIpc) is 2.10. The zero-order chi connectivity index (χ0) is 12.1. The standard InChI is InChI=1S/C10H21NO3S/c1-4-15(13,14)8-6-9(12)5-7-10(2,3)11/h4-8,11H2,1-3H3. The van der Waals surface area contributed by atoms with Gasteiger partial charge in [-0.25, -0.2) is 8.42 Å². The van der Waals surface area contributed by atoms with Gasteiger partial charge < -0.3 is 5.73 Å². The highest BCUT2D eigenvalue weighted by Crippen LogP contribution is 2.09. The quantitative estimate of drug-likeness (QED) is 0.711. The molecule has 0 bridgehead atoms. The minimum Gasteiger partial charge on any atom is -0.326 e. The van der Waals surface area contributed by atoms with Crippen LogP contribution in [-0.2, 0) is 14.6 Å². The van der Waals surface area contributed by atoms with Crippen molar-refractivity contribution in [1.29, 1.82) is 0 Å². The minimum atomic E-state index is -3.02. The summed E-state index contributed by atoms with van der Waals surface area (Å²) in [5.41, 5.74) is 5.36. The molecule has 0 saturated carbocycles. The lowest BCUT2D eigenvalue weighted by Crippen LogP contribution is -2.32. The molecule has 0 unspecified atom stereocenters. The molecule has 0 aliphatic carbocycles. The molecular weight excluding hydrogens is 214 g/mol. The summed E-state index contributed by atoms with van der Waals surface area (Å²) in [6, 6.07) is 0. The largest absolute Gasteiger partial charge is 0.326 e. The number of Topliss-reactive ketones (excluding diaryl/α,β-unsaturated/α-hetero) is 1. The Morgan fingerprint density at radius 1 is 1.27 bits per heavy atom. The third-order valence-electron chi connectivity index (χ3n) is 2.18. The van der Waals surface area contributed by atoms with Crippen molar-refractivity contribution in [2.75, 3.05) is 11.5 Å². The van der Waals surface area contributed by atoms with Crippen LogP contribution < -0.4 is 5.73 Å². The van der Waals surface area contributed by atoms with Crippen molar-refractivity contribution in [2.24, 2.45) is 5.73 Å². The molecule has 2 N–H and O–H groups in total. The minimum absolute atomic E-state index is 0.0226. The number of rotatable bonds is 7. The van der Waals surface area contributed by atoms with E-state index >= 15 is 0 Å². The highest BCUT2D eigenvalue weighted by atomic mass is 32.2. The van der Waals surface area contributed by atoms with Gasteiger partial charge in [0.1, 0.15) is 15.6 Å². The van der Waals surface area contributed by atoms with Gasteiger partial charge in [-0.2, -0.15) is 0 Å². The molecule has 0 heterocycles. The summed E-state index contributed by atoms with van der Waals surface area (Å²) in [7, 11) is -3.02. The molecule has 0 aromatic carbocycles. The predicted octanol–water partition coefficient (Wildman–Crippen LogP) is 0.898. The summed E-state index contributed by atoms with van der Waals surface area (Å²) < 4.78 is 22.3. The smallest absolute Gasteiger partial charge is 0.150 e. The van der Waals surface area contributed by atoms with E-state index in [0.717, 1.165) is 0 Å². The van der Waals surface area contributed by atoms with Gasteiger partial charge in [-0.1, -0.05) is 6.92 Å². The van der Waals surface area contributed by atoms with Crippen LogP contribution in [0.4, 0.5) is 0 Å². The van der Waals surface area contributed by atoms with E-state index in [-0.39, 0.29) is 29.2 Å². The summed E-state index contributed by atoms with van der Waals surface area (Å²) in [6.07, 6.45) is 1.08. The van der Waals surface area contributed by atoms with E-state index in [1.54, 1.807) is 6.92 Å². The second-order valence-corrected chi connectivity index (χ2v) is 6.99. The van der Waals surface area contributed by atoms with Gasteiger partial charge in [0.05, 0.1) is 5.75 Å². The average molecular weight is 235 g/mol. The van der Waals surface area contributed by atoms with E-state index in [0.29, 0.717) is 12.8 Å². The predicted molar refractivity (Wildman–Crippen MR) is 61.5 cm³/mol. The first kappa shape index (κ1) is 14.6. The van der Waals surface area contributed by atoms with E-state index in [1.165, 1.54) is 0 Å². The second-order valence-electron chi connectivity index (χ2n) is 4.51. The molecule has 0 spiro atoms. The number of carbonyl (C=O) groups excluding carboxylic acids is 1. The fourth-order valence-electron chi connectivity index (χ4n) is 1.00. The van der Waals surface area contributed by atoms with Gasteiger partial charge in [0.15, 0.2) is 0 Å². The van der Waals surface area contributed by atoms with Gasteiger partial charge in [-0.3, -0.25) is 4.79 Å². The molecule has 90 valence electrons. The van der Waals surface area contributed by atoms with Crippen LogP contribution in [0.15, 0.2) is 0 Å². The van der Waals surface area contributed by atoms with Gasteiger partial charge >= 0.3 is 0 Å². The highest BCUT2D eigenvalue weighted by molar-refractivity contribution is 7.91. The molecular formula is C10H21NO3S. The molecule has 0 rings (SSSR count). The van der Waals surface area contributed by atoms with Gasteiger partial charge in [0.25, 0.3) is 0 Å². The van der Waals surface area contributed by atoms with Crippen LogP contribution in [0.1, 0.15) is 40.0 Å².